The number of hydrogen-bond donors (Lipinski definition) is 0. The zero-order valence-electron chi connectivity index (χ0n) is 7.87. The fraction of sp³-hybridized carbons (Fsp3) is 0.0833. The van der Waals surface area contributed by atoms with E-state index in [-0.39, 0.29) is 5.83 Å². The Morgan fingerprint density at radius 2 is 2.07 bits per heavy atom. The maximum atomic E-state index is 12.8. The largest absolute Gasteiger partial charge is 0.256 e. The second kappa shape index (κ2) is 3.58. The normalized spacial score (nSPS) is 12.0. The lowest BCUT2D eigenvalue weighted by molar-refractivity contribution is 0.648. The molecule has 1 aromatic heterocycles. The standard InChI is InChI=1S/C12H10FN/c1-9(13)8-10-6-7-14-12-5-3-2-4-11(10)12/h2-8H,1H3. The van der Waals surface area contributed by atoms with E-state index < -0.39 is 0 Å². The number of fused-ring (bicyclic) bond motifs is 1. The van der Waals surface area contributed by atoms with Gasteiger partial charge in [-0.1, -0.05) is 18.2 Å². The Labute approximate surface area is 81.9 Å². The van der Waals surface area contributed by atoms with Crippen LogP contribution in [0.15, 0.2) is 42.4 Å². The van der Waals surface area contributed by atoms with Gasteiger partial charge in [0.2, 0.25) is 0 Å². The Morgan fingerprint density at radius 1 is 1.29 bits per heavy atom. The van der Waals surface area contributed by atoms with Crippen LogP contribution >= 0.6 is 0 Å². The zero-order chi connectivity index (χ0) is 9.97. The number of rotatable bonds is 1. The Bertz CT molecular complexity index is 479. The second-order valence-corrected chi connectivity index (χ2v) is 3.15. The molecule has 0 saturated carbocycles. The van der Waals surface area contributed by atoms with Gasteiger partial charge < -0.3 is 0 Å². The molecular formula is C12H10FN. The van der Waals surface area contributed by atoms with E-state index in [1.54, 1.807) is 6.20 Å². The molecule has 0 radical (unpaired) electrons. The summed E-state index contributed by atoms with van der Waals surface area (Å²) < 4.78 is 12.8. The van der Waals surface area contributed by atoms with E-state index in [1.807, 2.05) is 30.3 Å². The van der Waals surface area contributed by atoms with Crippen LogP contribution < -0.4 is 0 Å². The average molecular weight is 187 g/mol. The van der Waals surface area contributed by atoms with E-state index in [9.17, 15) is 4.39 Å². The second-order valence-electron chi connectivity index (χ2n) is 3.15. The van der Waals surface area contributed by atoms with E-state index in [1.165, 1.54) is 13.0 Å². The lowest BCUT2D eigenvalue weighted by atomic mass is 10.1. The van der Waals surface area contributed by atoms with Crippen LogP contribution in [0.1, 0.15) is 12.5 Å². The Hall–Kier alpha value is -1.70. The summed E-state index contributed by atoms with van der Waals surface area (Å²) in [5, 5.41) is 0.979. The van der Waals surface area contributed by atoms with Crippen LogP contribution in [0.4, 0.5) is 4.39 Å². The third-order valence-corrected chi connectivity index (χ3v) is 2.04. The van der Waals surface area contributed by atoms with Crippen molar-refractivity contribution in [3.05, 3.63) is 47.9 Å². The quantitative estimate of drug-likeness (QED) is 0.665. The minimum atomic E-state index is -0.193. The van der Waals surface area contributed by atoms with Gasteiger partial charge in [0.1, 0.15) is 0 Å². The smallest absolute Gasteiger partial charge is 0.0974 e. The first-order valence-electron chi connectivity index (χ1n) is 4.45. The number of allylic oxidation sites excluding steroid dienone is 1. The average Bonchev–Trinajstić information content (AvgIpc) is 2.18. The van der Waals surface area contributed by atoms with Crippen molar-refractivity contribution in [3.8, 4) is 0 Å². The molecule has 0 fully saturated rings. The molecule has 2 rings (SSSR count). The monoisotopic (exact) mass is 187 g/mol. The topological polar surface area (TPSA) is 12.9 Å². The molecule has 0 atom stereocenters. The van der Waals surface area contributed by atoms with Crippen LogP contribution in [0.3, 0.4) is 0 Å². The summed E-state index contributed by atoms with van der Waals surface area (Å²) in [6.07, 6.45) is 3.21. The number of aromatic nitrogens is 1. The van der Waals surface area contributed by atoms with Gasteiger partial charge >= 0.3 is 0 Å². The maximum Gasteiger partial charge on any atom is 0.0974 e. The molecule has 0 unspecified atom stereocenters. The molecule has 0 aliphatic heterocycles. The first kappa shape index (κ1) is 8.88. The summed E-state index contributed by atoms with van der Waals surface area (Å²) in [6, 6.07) is 9.52. The van der Waals surface area contributed by atoms with E-state index in [2.05, 4.69) is 4.98 Å². The molecule has 2 aromatic rings. The molecule has 14 heavy (non-hydrogen) atoms. The van der Waals surface area contributed by atoms with Crippen LogP contribution in [0.25, 0.3) is 17.0 Å². The summed E-state index contributed by atoms with van der Waals surface area (Å²) in [6.45, 7) is 1.44. The van der Waals surface area contributed by atoms with E-state index in [0.717, 1.165) is 16.5 Å². The summed E-state index contributed by atoms with van der Waals surface area (Å²) in [4.78, 5) is 4.20. The van der Waals surface area contributed by atoms with Crippen molar-refractivity contribution >= 4 is 17.0 Å². The Kier molecular flexibility index (Phi) is 2.27. The molecule has 0 saturated heterocycles. The Balaban J connectivity index is 2.71. The summed E-state index contributed by atoms with van der Waals surface area (Å²) in [5.41, 5.74) is 1.76. The van der Waals surface area contributed by atoms with Gasteiger partial charge in [-0.15, -0.1) is 0 Å². The van der Waals surface area contributed by atoms with Crippen molar-refractivity contribution in [1.82, 2.24) is 4.98 Å². The summed E-state index contributed by atoms with van der Waals surface area (Å²) in [7, 11) is 0. The van der Waals surface area contributed by atoms with Crippen molar-refractivity contribution in [2.45, 2.75) is 6.92 Å². The van der Waals surface area contributed by atoms with Gasteiger partial charge in [-0.2, -0.15) is 0 Å². The highest BCUT2D eigenvalue weighted by molar-refractivity contribution is 5.87. The molecule has 0 bridgehead atoms. The number of hydrogen-bond acceptors (Lipinski definition) is 1. The minimum absolute atomic E-state index is 0.193. The lowest BCUT2D eigenvalue weighted by Gasteiger charge is -2.00. The zero-order valence-corrected chi connectivity index (χ0v) is 7.87. The van der Waals surface area contributed by atoms with E-state index in [4.69, 9.17) is 0 Å². The molecule has 1 nitrogen and oxygen atoms in total. The summed E-state index contributed by atoms with van der Waals surface area (Å²) in [5.74, 6) is -0.193. The number of halogens is 1. The number of pyridine rings is 1. The molecule has 1 heterocycles. The van der Waals surface area contributed by atoms with Gasteiger partial charge in [-0.3, -0.25) is 4.98 Å². The highest BCUT2D eigenvalue weighted by Gasteiger charge is 1.98. The van der Waals surface area contributed by atoms with Crippen LogP contribution in [-0.4, -0.2) is 4.98 Å². The predicted molar refractivity (Wildman–Crippen MR) is 56.5 cm³/mol. The Morgan fingerprint density at radius 3 is 2.86 bits per heavy atom. The molecule has 0 spiro atoms. The minimum Gasteiger partial charge on any atom is -0.256 e. The molecule has 2 heteroatoms. The van der Waals surface area contributed by atoms with Crippen molar-refractivity contribution in [3.63, 3.8) is 0 Å². The molecule has 0 aliphatic rings. The lowest BCUT2D eigenvalue weighted by Crippen LogP contribution is -1.81. The maximum absolute atomic E-state index is 12.8. The van der Waals surface area contributed by atoms with Gasteiger partial charge in [0.25, 0.3) is 0 Å². The highest BCUT2D eigenvalue weighted by atomic mass is 19.1. The molecule has 0 amide bonds. The molecule has 1 aromatic carbocycles. The summed E-state index contributed by atoms with van der Waals surface area (Å²) >= 11 is 0. The molecule has 0 N–H and O–H groups in total. The number of nitrogens with zero attached hydrogens (tertiary/aromatic N) is 1. The third kappa shape index (κ3) is 1.64. The first-order chi connectivity index (χ1) is 6.77. The molecule has 70 valence electrons. The molecular weight excluding hydrogens is 177 g/mol. The van der Waals surface area contributed by atoms with Crippen LogP contribution in [0, 0.1) is 0 Å². The van der Waals surface area contributed by atoms with Crippen LogP contribution in [0.2, 0.25) is 0 Å². The number of benzene rings is 1. The SMILES string of the molecule is CC(F)=Cc1ccnc2ccccc12. The van der Waals surface area contributed by atoms with Gasteiger partial charge in [-0.05, 0) is 30.7 Å². The fourth-order valence-electron chi connectivity index (χ4n) is 1.46. The number of para-hydroxylation sites is 1. The molecule has 0 aliphatic carbocycles. The van der Waals surface area contributed by atoms with Crippen molar-refractivity contribution in [2.24, 2.45) is 0 Å². The van der Waals surface area contributed by atoms with Crippen molar-refractivity contribution < 1.29 is 4.39 Å². The van der Waals surface area contributed by atoms with E-state index in [0.29, 0.717) is 0 Å². The third-order valence-electron chi connectivity index (χ3n) is 2.04. The van der Waals surface area contributed by atoms with Gasteiger partial charge in [0.15, 0.2) is 0 Å². The highest BCUT2D eigenvalue weighted by Crippen LogP contribution is 2.18. The van der Waals surface area contributed by atoms with Gasteiger partial charge in [0, 0.05) is 11.6 Å². The van der Waals surface area contributed by atoms with Gasteiger partial charge in [-0.25, -0.2) is 4.39 Å². The van der Waals surface area contributed by atoms with Crippen LogP contribution in [0.5, 0.6) is 0 Å². The van der Waals surface area contributed by atoms with Gasteiger partial charge in [0.05, 0.1) is 11.3 Å². The van der Waals surface area contributed by atoms with Crippen molar-refractivity contribution in [2.75, 3.05) is 0 Å². The van der Waals surface area contributed by atoms with Crippen LogP contribution in [-0.2, 0) is 0 Å². The predicted octanol–water partition coefficient (Wildman–Crippen LogP) is 3.57. The first-order valence-corrected chi connectivity index (χ1v) is 4.45. The van der Waals surface area contributed by atoms with Crippen molar-refractivity contribution in [1.29, 1.82) is 0 Å². The fourth-order valence-corrected chi connectivity index (χ4v) is 1.46. The van der Waals surface area contributed by atoms with E-state index >= 15 is 0 Å².